The largest absolute Gasteiger partial charge is 0.0654 e. The zero-order valence-electron chi connectivity index (χ0n) is 17.0. The van der Waals surface area contributed by atoms with Gasteiger partial charge in [-0.1, -0.05) is 143 Å². The molecule has 140 valence electrons. The van der Waals surface area contributed by atoms with Crippen molar-refractivity contribution in [1.29, 1.82) is 0 Å². The van der Waals surface area contributed by atoms with E-state index in [-0.39, 0.29) is 0 Å². The molecule has 0 spiro atoms. The van der Waals surface area contributed by atoms with Gasteiger partial charge in [0, 0.05) is 0 Å². The number of rotatable bonds is 19. The molecule has 0 amide bonds. The molecule has 0 aliphatic rings. The van der Waals surface area contributed by atoms with Crippen molar-refractivity contribution in [3.8, 4) is 0 Å². The van der Waals surface area contributed by atoms with E-state index in [4.69, 9.17) is 0 Å². The first-order chi connectivity index (χ1) is 11.3. The molecule has 0 aromatic rings. The minimum atomic E-state index is 0.899. The standard InChI is InChI=1S/C23H48/c1-4-5-6-7-8-9-10-11-12-13-14-15-16-17-18-19-20-21-22-23(2)3/h23H,4-22H2,1-3H3. The van der Waals surface area contributed by atoms with Crippen molar-refractivity contribution in [3.63, 3.8) is 0 Å². The van der Waals surface area contributed by atoms with Crippen LogP contribution in [0.2, 0.25) is 0 Å². The number of unbranched alkanes of at least 4 members (excludes halogenated alkanes) is 17. The van der Waals surface area contributed by atoms with Gasteiger partial charge in [0.25, 0.3) is 0 Å². The zero-order chi connectivity index (χ0) is 17.0. The maximum atomic E-state index is 2.34. The highest BCUT2D eigenvalue weighted by Gasteiger charge is 1.96. The molecule has 0 aliphatic carbocycles. The fourth-order valence-electron chi connectivity index (χ4n) is 3.45. The highest BCUT2D eigenvalue weighted by molar-refractivity contribution is 4.51. The van der Waals surface area contributed by atoms with Gasteiger partial charge in [0.15, 0.2) is 0 Å². The fraction of sp³-hybridized carbons (Fsp3) is 1.00. The van der Waals surface area contributed by atoms with Crippen molar-refractivity contribution >= 4 is 0 Å². The van der Waals surface area contributed by atoms with Gasteiger partial charge in [-0.3, -0.25) is 0 Å². The Balaban J connectivity index is 2.95. The summed E-state index contributed by atoms with van der Waals surface area (Å²) < 4.78 is 0. The summed E-state index contributed by atoms with van der Waals surface area (Å²) >= 11 is 0. The maximum Gasteiger partial charge on any atom is -0.0471 e. The highest BCUT2D eigenvalue weighted by Crippen LogP contribution is 2.15. The van der Waals surface area contributed by atoms with Crippen LogP contribution in [0.4, 0.5) is 0 Å². The Hall–Kier alpha value is 0. The molecule has 0 rings (SSSR count). The van der Waals surface area contributed by atoms with Crippen molar-refractivity contribution in [2.75, 3.05) is 0 Å². The van der Waals surface area contributed by atoms with E-state index in [9.17, 15) is 0 Å². The average molecular weight is 325 g/mol. The molecule has 0 heteroatoms. The van der Waals surface area contributed by atoms with Crippen LogP contribution in [-0.4, -0.2) is 0 Å². The van der Waals surface area contributed by atoms with Gasteiger partial charge in [-0.2, -0.15) is 0 Å². The molecule has 0 aromatic heterocycles. The van der Waals surface area contributed by atoms with Gasteiger partial charge >= 0.3 is 0 Å². The van der Waals surface area contributed by atoms with Crippen LogP contribution in [0.15, 0.2) is 0 Å². The van der Waals surface area contributed by atoms with Gasteiger partial charge in [-0.05, 0) is 5.92 Å². The van der Waals surface area contributed by atoms with Gasteiger partial charge < -0.3 is 0 Å². The molecule has 0 bridgehead atoms. The molecule has 0 unspecified atom stereocenters. The van der Waals surface area contributed by atoms with E-state index in [0.29, 0.717) is 0 Å². The Labute approximate surface area is 149 Å². The van der Waals surface area contributed by atoms with Crippen LogP contribution < -0.4 is 0 Å². The molecule has 0 nitrogen and oxygen atoms in total. The molecule has 0 aliphatic heterocycles. The maximum absolute atomic E-state index is 2.34. The van der Waals surface area contributed by atoms with Gasteiger partial charge in [-0.15, -0.1) is 0 Å². The molecular formula is C23H48. The molecule has 0 aromatic carbocycles. The normalized spacial score (nSPS) is 11.5. The highest BCUT2D eigenvalue weighted by atomic mass is 14.0. The minimum Gasteiger partial charge on any atom is -0.0654 e. The Morgan fingerprint density at radius 3 is 0.913 bits per heavy atom. The summed E-state index contributed by atoms with van der Waals surface area (Å²) in [6, 6.07) is 0. The Kier molecular flexibility index (Phi) is 20.0. The second-order valence-electron chi connectivity index (χ2n) is 8.19. The van der Waals surface area contributed by atoms with E-state index in [0.717, 1.165) is 5.92 Å². The van der Waals surface area contributed by atoms with Gasteiger partial charge in [0.2, 0.25) is 0 Å². The van der Waals surface area contributed by atoms with Crippen molar-refractivity contribution in [2.24, 2.45) is 5.92 Å². The molecule has 0 heterocycles. The molecule has 0 saturated heterocycles. The minimum absolute atomic E-state index is 0.899. The van der Waals surface area contributed by atoms with Crippen LogP contribution in [-0.2, 0) is 0 Å². The summed E-state index contributed by atoms with van der Waals surface area (Å²) in [5.74, 6) is 0.899. The first kappa shape index (κ1) is 23.0. The van der Waals surface area contributed by atoms with Crippen LogP contribution in [0.5, 0.6) is 0 Å². The Morgan fingerprint density at radius 2 is 0.652 bits per heavy atom. The first-order valence-electron chi connectivity index (χ1n) is 11.3. The van der Waals surface area contributed by atoms with Gasteiger partial charge in [0.05, 0.1) is 0 Å². The third-order valence-corrected chi connectivity index (χ3v) is 5.14. The summed E-state index contributed by atoms with van der Waals surface area (Å²) in [6.07, 6.45) is 28.0. The lowest BCUT2D eigenvalue weighted by atomic mass is 10.0. The quantitative estimate of drug-likeness (QED) is 0.208. The van der Waals surface area contributed by atoms with Crippen molar-refractivity contribution in [3.05, 3.63) is 0 Å². The Bertz CT molecular complexity index is 194. The van der Waals surface area contributed by atoms with E-state index in [1.165, 1.54) is 122 Å². The van der Waals surface area contributed by atoms with Crippen LogP contribution in [0, 0.1) is 5.92 Å². The van der Waals surface area contributed by atoms with E-state index in [1.807, 2.05) is 0 Å². The molecule has 0 N–H and O–H groups in total. The summed E-state index contributed by atoms with van der Waals surface area (Å²) in [4.78, 5) is 0. The fourth-order valence-corrected chi connectivity index (χ4v) is 3.45. The monoisotopic (exact) mass is 324 g/mol. The third-order valence-electron chi connectivity index (χ3n) is 5.14. The summed E-state index contributed by atoms with van der Waals surface area (Å²) in [5.41, 5.74) is 0. The van der Waals surface area contributed by atoms with Gasteiger partial charge in [0.1, 0.15) is 0 Å². The Morgan fingerprint density at radius 1 is 0.391 bits per heavy atom. The first-order valence-corrected chi connectivity index (χ1v) is 11.3. The predicted octanol–water partition coefficient (Wildman–Crippen LogP) is 9.07. The second kappa shape index (κ2) is 20.0. The molecular weight excluding hydrogens is 276 g/mol. The van der Waals surface area contributed by atoms with Gasteiger partial charge in [-0.25, -0.2) is 0 Å². The lowest BCUT2D eigenvalue weighted by Crippen LogP contribution is -1.87. The van der Waals surface area contributed by atoms with E-state index < -0.39 is 0 Å². The topological polar surface area (TPSA) is 0 Å². The van der Waals surface area contributed by atoms with Crippen LogP contribution in [0.25, 0.3) is 0 Å². The molecule has 0 radical (unpaired) electrons. The third kappa shape index (κ3) is 22.0. The lowest BCUT2D eigenvalue weighted by Gasteiger charge is -2.05. The SMILES string of the molecule is CCCCCCCCCCCCCCCCCCCCC(C)C. The van der Waals surface area contributed by atoms with Crippen molar-refractivity contribution in [2.45, 2.75) is 143 Å². The average Bonchev–Trinajstić information content (AvgIpc) is 2.53. The van der Waals surface area contributed by atoms with Crippen molar-refractivity contribution in [1.82, 2.24) is 0 Å². The second-order valence-corrected chi connectivity index (χ2v) is 8.19. The zero-order valence-corrected chi connectivity index (χ0v) is 17.0. The predicted molar refractivity (Wildman–Crippen MR) is 108 cm³/mol. The summed E-state index contributed by atoms with van der Waals surface area (Å²) in [7, 11) is 0. The van der Waals surface area contributed by atoms with Crippen molar-refractivity contribution < 1.29 is 0 Å². The molecule has 0 saturated carbocycles. The smallest absolute Gasteiger partial charge is 0.0471 e. The van der Waals surface area contributed by atoms with Crippen LogP contribution in [0.1, 0.15) is 143 Å². The lowest BCUT2D eigenvalue weighted by molar-refractivity contribution is 0.501. The van der Waals surface area contributed by atoms with E-state index >= 15 is 0 Å². The molecule has 0 atom stereocenters. The van der Waals surface area contributed by atoms with Crippen LogP contribution in [0.3, 0.4) is 0 Å². The van der Waals surface area contributed by atoms with E-state index in [1.54, 1.807) is 0 Å². The number of hydrogen-bond acceptors (Lipinski definition) is 0. The summed E-state index contributed by atoms with van der Waals surface area (Å²) in [5, 5.41) is 0. The van der Waals surface area contributed by atoms with Crippen LogP contribution >= 0.6 is 0 Å². The number of hydrogen-bond donors (Lipinski definition) is 0. The van der Waals surface area contributed by atoms with E-state index in [2.05, 4.69) is 20.8 Å². The summed E-state index contributed by atoms with van der Waals surface area (Å²) in [6.45, 7) is 6.98. The molecule has 23 heavy (non-hydrogen) atoms. The molecule has 0 fully saturated rings.